The highest BCUT2D eigenvalue weighted by Gasteiger charge is 2.38. The van der Waals surface area contributed by atoms with E-state index in [4.69, 9.17) is 20.4 Å². The molecule has 0 aliphatic heterocycles. The Balaban J connectivity index is 0. The molecule has 0 aliphatic rings. The number of ether oxygens (including phenoxy) is 2. The van der Waals surface area contributed by atoms with Gasteiger partial charge in [-0.05, 0) is 6.42 Å². The van der Waals surface area contributed by atoms with Crippen molar-refractivity contribution in [2.45, 2.75) is 18.6 Å². The molecule has 0 aliphatic carbocycles. The summed E-state index contributed by atoms with van der Waals surface area (Å²) in [6.07, 6.45) is -4.17. The Hall–Kier alpha value is -0.870. The van der Waals surface area contributed by atoms with Crippen molar-refractivity contribution in [2.24, 2.45) is 5.73 Å². The molecule has 19 heavy (non-hydrogen) atoms. The van der Waals surface area contributed by atoms with Gasteiger partial charge < -0.3 is 20.3 Å². The summed E-state index contributed by atoms with van der Waals surface area (Å²) >= 11 is 3.26. The van der Waals surface area contributed by atoms with Crippen molar-refractivity contribution in [1.29, 1.82) is 0 Å². The van der Waals surface area contributed by atoms with E-state index in [9.17, 15) is 18.0 Å². The molecular formula is C9H15BrF3NO5. The van der Waals surface area contributed by atoms with E-state index in [1.165, 1.54) is 7.11 Å². The Bertz CT molecular complexity index is 275. The van der Waals surface area contributed by atoms with E-state index in [1.807, 2.05) is 0 Å². The number of rotatable bonds is 6. The van der Waals surface area contributed by atoms with E-state index in [0.29, 0.717) is 6.61 Å². The summed E-state index contributed by atoms with van der Waals surface area (Å²) in [5, 5.41) is 8.01. The minimum absolute atomic E-state index is 0.222. The van der Waals surface area contributed by atoms with Gasteiger partial charge in [0.15, 0.2) is 0 Å². The first-order chi connectivity index (χ1) is 8.66. The van der Waals surface area contributed by atoms with Gasteiger partial charge in [0.1, 0.15) is 6.04 Å². The average molecular weight is 354 g/mol. The van der Waals surface area contributed by atoms with Crippen molar-refractivity contribution < 1.29 is 37.3 Å². The van der Waals surface area contributed by atoms with Gasteiger partial charge in [-0.2, -0.15) is 13.2 Å². The molecule has 0 aromatic rings. The van der Waals surface area contributed by atoms with E-state index in [0.717, 1.165) is 11.8 Å². The lowest BCUT2D eigenvalue weighted by atomic mass is 10.3. The number of methoxy groups -OCH3 is 1. The van der Waals surface area contributed by atoms with Crippen LogP contribution in [0, 0.1) is 0 Å². The van der Waals surface area contributed by atoms with Crippen molar-refractivity contribution in [3.63, 3.8) is 0 Å². The maximum atomic E-state index is 10.7. The third-order valence-electron chi connectivity index (χ3n) is 1.47. The lowest BCUT2D eigenvalue weighted by molar-refractivity contribution is -0.192. The third kappa shape index (κ3) is 13.4. The number of carbonyl (C=O) groups is 2. The van der Waals surface area contributed by atoms with Gasteiger partial charge in [-0.3, -0.25) is 4.79 Å². The maximum Gasteiger partial charge on any atom is 0.490 e. The van der Waals surface area contributed by atoms with E-state index >= 15 is 0 Å². The molecule has 1 unspecified atom stereocenters. The number of esters is 1. The first-order valence-corrected chi connectivity index (χ1v) is 6.06. The van der Waals surface area contributed by atoms with E-state index in [2.05, 4.69) is 20.7 Å². The molecule has 0 bridgehead atoms. The predicted octanol–water partition coefficient (Wildman–Crippen LogP) is 0.922. The van der Waals surface area contributed by atoms with Crippen molar-refractivity contribution in [2.75, 3.05) is 25.7 Å². The number of alkyl halides is 4. The number of nitrogens with two attached hydrogens (primary N) is 1. The third-order valence-corrected chi connectivity index (χ3v) is 2.03. The molecule has 0 saturated carbocycles. The zero-order valence-electron chi connectivity index (χ0n) is 10.1. The summed E-state index contributed by atoms with van der Waals surface area (Å²) in [4.78, 5) is 19.6. The molecule has 114 valence electrons. The maximum absolute atomic E-state index is 10.7. The number of halogens is 4. The van der Waals surface area contributed by atoms with Gasteiger partial charge in [-0.25, -0.2) is 4.79 Å². The minimum atomic E-state index is -5.08. The molecule has 0 radical (unpaired) electrons. The van der Waals surface area contributed by atoms with Crippen LogP contribution in [-0.4, -0.2) is 54.9 Å². The Labute approximate surface area is 116 Å². The molecule has 0 aromatic heterocycles. The Kier molecular flexibility index (Phi) is 11.8. The van der Waals surface area contributed by atoms with Crippen LogP contribution in [0.2, 0.25) is 0 Å². The van der Waals surface area contributed by atoms with Crippen LogP contribution in [0.3, 0.4) is 0 Å². The van der Waals surface area contributed by atoms with Crippen LogP contribution >= 0.6 is 15.9 Å². The fourth-order valence-electron chi connectivity index (χ4n) is 0.586. The van der Waals surface area contributed by atoms with Crippen LogP contribution < -0.4 is 5.73 Å². The van der Waals surface area contributed by atoms with E-state index < -0.39 is 24.2 Å². The van der Waals surface area contributed by atoms with Crippen molar-refractivity contribution in [3.8, 4) is 0 Å². The van der Waals surface area contributed by atoms with Gasteiger partial charge in [-0.1, -0.05) is 15.9 Å². The molecule has 0 aromatic carbocycles. The number of carboxylic acid groups (broad SMARTS) is 1. The monoisotopic (exact) mass is 353 g/mol. The Morgan fingerprint density at radius 3 is 2.21 bits per heavy atom. The Morgan fingerprint density at radius 1 is 1.42 bits per heavy atom. The van der Waals surface area contributed by atoms with Crippen LogP contribution in [0.5, 0.6) is 0 Å². The fraction of sp³-hybridized carbons (Fsp3) is 0.778. The zero-order chi connectivity index (χ0) is 15.5. The van der Waals surface area contributed by atoms with Crippen molar-refractivity contribution in [3.05, 3.63) is 0 Å². The second-order valence-corrected chi connectivity index (χ2v) is 3.84. The summed E-state index contributed by atoms with van der Waals surface area (Å²) in [7, 11) is 1.31. The van der Waals surface area contributed by atoms with E-state index in [-0.39, 0.29) is 6.61 Å². The molecule has 0 saturated heterocycles. The number of carboxylic acids is 1. The van der Waals surface area contributed by atoms with E-state index in [1.54, 1.807) is 0 Å². The fourth-order valence-corrected chi connectivity index (χ4v) is 0.815. The largest absolute Gasteiger partial charge is 0.490 e. The molecule has 0 heterocycles. The van der Waals surface area contributed by atoms with Gasteiger partial charge in [0.25, 0.3) is 0 Å². The molecule has 6 nitrogen and oxygen atoms in total. The summed E-state index contributed by atoms with van der Waals surface area (Å²) in [6, 6.07) is -0.662. The highest BCUT2D eigenvalue weighted by atomic mass is 79.9. The van der Waals surface area contributed by atoms with Crippen molar-refractivity contribution >= 4 is 27.9 Å². The normalized spacial score (nSPS) is 12.1. The summed E-state index contributed by atoms with van der Waals surface area (Å²) < 4.78 is 41.3. The van der Waals surface area contributed by atoms with Gasteiger partial charge in [0, 0.05) is 11.9 Å². The molecule has 10 heteroatoms. The zero-order valence-corrected chi connectivity index (χ0v) is 11.7. The number of aliphatic carboxylic acids is 1. The average Bonchev–Trinajstić information content (AvgIpc) is 2.32. The lowest BCUT2D eigenvalue weighted by Crippen LogP contribution is -2.36. The molecular weight excluding hydrogens is 339 g/mol. The summed E-state index contributed by atoms with van der Waals surface area (Å²) in [5.74, 6) is -3.19. The number of carbonyl (C=O) groups excluding carboxylic acids is 1. The first kappa shape index (κ1) is 20.4. The molecule has 0 amide bonds. The minimum Gasteiger partial charge on any atom is -0.475 e. The number of hydrogen-bond acceptors (Lipinski definition) is 5. The van der Waals surface area contributed by atoms with Crippen LogP contribution in [0.4, 0.5) is 13.2 Å². The molecule has 1 atom stereocenters. The Morgan fingerprint density at radius 2 is 1.89 bits per heavy atom. The molecule has 0 rings (SSSR count). The van der Waals surface area contributed by atoms with Crippen LogP contribution in [0.1, 0.15) is 6.42 Å². The number of hydrogen-bond donors (Lipinski definition) is 2. The highest BCUT2D eigenvalue weighted by molar-refractivity contribution is 9.09. The van der Waals surface area contributed by atoms with Gasteiger partial charge in [-0.15, -0.1) is 0 Å². The first-order valence-electron chi connectivity index (χ1n) is 4.94. The summed E-state index contributed by atoms with van der Waals surface area (Å²) in [5.41, 5.74) is 5.40. The molecule has 3 N–H and O–H groups in total. The predicted molar refractivity (Wildman–Crippen MR) is 62.9 cm³/mol. The van der Waals surface area contributed by atoms with Crippen LogP contribution in [-0.2, 0) is 19.1 Å². The van der Waals surface area contributed by atoms with Crippen LogP contribution in [0.15, 0.2) is 0 Å². The smallest absolute Gasteiger partial charge is 0.475 e. The molecule has 0 fully saturated rings. The van der Waals surface area contributed by atoms with Crippen molar-refractivity contribution in [1.82, 2.24) is 0 Å². The topological polar surface area (TPSA) is 98.9 Å². The van der Waals surface area contributed by atoms with Gasteiger partial charge >= 0.3 is 18.1 Å². The second kappa shape index (κ2) is 11.0. The second-order valence-electron chi connectivity index (χ2n) is 3.05. The standard InChI is InChI=1S/C7H14BrNO3.C2HF3O2/c1-11-7(10)6(9)5-12-4-2-3-8;3-2(4,5)1(6)7/h6H,2-5,9H2,1H3;(H,6,7). The quantitative estimate of drug-likeness (QED) is 0.418. The summed E-state index contributed by atoms with van der Waals surface area (Å²) in [6.45, 7) is 0.829. The van der Waals surface area contributed by atoms with Crippen LogP contribution in [0.25, 0.3) is 0 Å². The van der Waals surface area contributed by atoms with Gasteiger partial charge in [0.05, 0.1) is 13.7 Å². The molecule has 0 spiro atoms. The highest BCUT2D eigenvalue weighted by Crippen LogP contribution is 2.13. The lowest BCUT2D eigenvalue weighted by Gasteiger charge is -2.08. The SMILES string of the molecule is COC(=O)C(N)COCCCBr.O=C(O)C(F)(F)F. The van der Waals surface area contributed by atoms with Gasteiger partial charge in [0.2, 0.25) is 0 Å².